The number of para-hydroxylation sites is 1. The van der Waals surface area contributed by atoms with Crippen LogP contribution in [0.3, 0.4) is 0 Å². The average Bonchev–Trinajstić information content (AvgIpc) is 2.82. The number of furan rings is 1. The fourth-order valence-electron chi connectivity index (χ4n) is 2.36. The van der Waals surface area contributed by atoms with Gasteiger partial charge in [0, 0.05) is 17.5 Å². The van der Waals surface area contributed by atoms with Gasteiger partial charge in [-0.15, -0.1) is 0 Å². The summed E-state index contributed by atoms with van der Waals surface area (Å²) in [7, 11) is 0. The monoisotopic (exact) mass is 283 g/mol. The summed E-state index contributed by atoms with van der Waals surface area (Å²) >= 11 is 0. The van der Waals surface area contributed by atoms with E-state index in [4.69, 9.17) is 4.42 Å². The molecule has 0 saturated heterocycles. The molecule has 106 valence electrons. The van der Waals surface area contributed by atoms with Gasteiger partial charge in [-0.25, -0.2) is 4.39 Å². The minimum atomic E-state index is -0.327. The maximum atomic E-state index is 13.5. The second-order valence-electron chi connectivity index (χ2n) is 4.80. The van der Waals surface area contributed by atoms with Gasteiger partial charge in [-0.05, 0) is 19.1 Å². The van der Waals surface area contributed by atoms with E-state index in [1.807, 2.05) is 24.3 Å². The molecule has 3 aromatic rings. The van der Waals surface area contributed by atoms with Crippen LogP contribution >= 0.6 is 0 Å². The molecule has 1 N–H and O–H groups in total. The Morgan fingerprint density at radius 1 is 1.14 bits per heavy atom. The van der Waals surface area contributed by atoms with E-state index >= 15 is 0 Å². The van der Waals surface area contributed by atoms with Crippen molar-refractivity contribution in [2.75, 3.05) is 0 Å². The normalized spacial score (nSPS) is 10.8. The Labute approximate surface area is 121 Å². The van der Waals surface area contributed by atoms with Gasteiger partial charge in [-0.2, -0.15) is 0 Å². The fraction of sp³-hybridized carbons (Fsp3) is 0.118. The van der Waals surface area contributed by atoms with Gasteiger partial charge in [0.1, 0.15) is 17.2 Å². The number of rotatable bonds is 3. The lowest BCUT2D eigenvalue weighted by Crippen LogP contribution is -2.23. The molecular weight excluding hydrogens is 269 g/mol. The molecule has 0 aliphatic rings. The molecule has 3 rings (SSSR count). The summed E-state index contributed by atoms with van der Waals surface area (Å²) in [6.45, 7) is 1.89. The van der Waals surface area contributed by atoms with Gasteiger partial charge < -0.3 is 9.73 Å². The fourth-order valence-corrected chi connectivity index (χ4v) is 2.36. The third-order valence-electron chi connectivity index (χ3n) is 3.40. The van der Waals surface area contributed by atoms with Crippen molar-refractivity contribution in [3.63, 3.8) is 0 Å². The highest BCUT2D eigenvalue weighted by Crippen LogP contribution is 2.25. The minimum absolute atomic E-state index is 0.143. The van der Waals surface area contributed by atoms with E-state index < -0.39 is 0 Å². The molecular formula is C17H14FNO2. The number of nitrogens with one attached hydrogen (secondary N) is 1. The molecule has 0 bridgehead atoms. The first kappa shape index (κ1) is 13.4. The van der Waals surface area contributed by atoms with Crippen molar-refractivity contribution in [3.05, 3.63) is 71.2 Å². The van der Waals surface area contributed by atoms with Crippen LogP contribution in [0.2, 0.25) is 0 Å². The van der Waals surface area contributed by atoms with Crippen molar-refractivity contribution in [2.24, 2.45) is 0 Å². The Hall–Kier alpha value is -2.62. The summed E-state index contributed by atoms with van der Waals surface area (Å²) in [5.41, 5.74) is 1.63. The lowest BCUT2D eigenvalue weighted by atomic mass is 10.1. The second-order valence-corrected chi connectivity index (χ2v) is 4.80. The first-order valence-electron chi connectivity index (χ1n) is 6.66. The molecule has 0 fully saturated rings. The maximum absolute atomic E-state index is 13.5. The Kier molecular flexibility index (Phi) is 3.44. The van der Waals surface area contributed by atoms with Crippen molar-refractivity contribution in [1.29, 1.82) is 0 Å². The Balaban J connectivity index is 1.85. The molecule has 0 saturated carbocycles. The van der Waals surface area contributed by atoms with Crippen LogP contribution in [0.5, 0.6) is 0 Å². The molecule has 0 radical (unpaired) electrons. The second kappa shape index (κ2) is 5.40. The minimum Gasteiger partial charge on any atom is -0.461 e. The van der Waals surface area contributed by atoms with E-state index in [1.54, 1.807) is 25.1 Å². The summed E-state index contributed by atoms with van der Waals surface area (Å²) in [5.74, 6) is -0.0329. The smallest absolute Gasteiger partial charge is 0.255 e. The maximum Gasteiger partial charge on any atom is 0.255 e. The van der Waals surface area contributed by atoms with E-state index in [0.29, 0.717) is 22.5 Å². The van der Waals surface area contributed by atoms with Crippen LogP contribution in [0.4, 0.5) is 4.39 Å². The summed E-state index contributed by atoms with van der Waals surface area (Å²) in [6, 6.07) is 13.7. The average molecular weight is 283 g/mol. The SMILES string of the molecule is Cc1oc2ccccc2c1C(=O)NCc1ccccc1F. The highest BCUT2D eigenvalue weighted by atomic mass is 19.1. The Morgan fingerprint density at radius 2 is 1.86 bits per heavy atom. The van der Waals surface area contributed by atoms with Crippen LogP contribution in [0.1, 0.15) is 21.7 Å². The van der Waals surface area contributed by atoms with Gasteiger partial charge in [0.2, 0.25) is 0 Å². The van der Waals surface area contributed by atoms with Crippen LogP contribution in [0.25, 0.3) is 11.0 Å². The standard InChI is InChI=1S/C17H14FNO2/c1-11-16(13-7-3-5-9-15(13)21-11)17(20)19-10-12-6-2-4-8-14(12)18/h2-9H,10H2,1H3,(H,19,20). The van der Waals surface area contributed by atoms with E-state index in [-0.39, 0.29) is 18.3 Å². The van der Waals surface area contributed by atoms with Gasteiger partial charge in [-0.3, -0.25) is 4.79 Å². The molecule has 3 nitrogen and oxygen atoms in total. The number of carbonyl (C=O) groups is 1. The summed E-state index contributed by atoms with van der Waals surface area (Å²) in [5, 5.41) is 3.50. The molecule has 0 atom stereocenters. The van der Waals surface area contributed by atoms with Crippen LogP contribution in [0, 0.1) is 12.7 Å². The molecule has 1 aromatic heterocycles. The number of hydrogen-bond donors (Lipinski definition) is 1. The van der Waals surface area contributed by atoms with Crippen molar-refractivity contribution >= 4 is 16.9 Å². The number of amides is 1. The van der Waals surface area contributed by atoms with Crippen LogP contribution < -0.4 is 5.32 Å². The lowest BCUT2D eigenvalue weighted by Gasteiger charge is -2.06. The molecule has 2 aromatic carbocycles. The van der Waals surface area contributed by atoms with Crippen LogP contribution in [-0.4, -0.2) is 5.91 Å². The number of carbonyl (C=O) groups excluding carboxylic acids is 1. The zero-order valence-corrected chi connectivity index (χ0v) is 11.5. The van der Waals surface area contributed by atoms with Crippen molar-refractivity contribution in [1.82, 2.24) is 5.32 Å². The molecule has 1 amide bonds. The van der Waals surface area contributed by atoms with E-state index in [9.17, 15) is 9.18 Å². The van der Waals surface area contributed by atoms with Gasteiger partial charge in [0.25, 0.3) is 5.91 Å². The predicted octanol–water partition coefficient (Wildman–Crippen LogP) is 3.81. The van der Waals surface area contributed by atoms with Crippen LogP contribution in [-0.2, 0) is 6.54 Å². The lowest BCUT2D eigenvalue weighted by molar-refractivity contribution is 0.0950. The van der Waals surface area contributed by atoms with Gasteiger partial charge in [-0.1, -0.05) is 36.4 Å². The quantitative estimate of drug-likeness (QED) is 0.794. The van der Waals surface area contributed by atoms with Crippen LogP contribution in [0.15, 0.2) is 52.9 Å². The highest BCUT2D eigenvalue weighted by molar-refractivity contribution is 6.07. The molecule has 4 heteroatoms. The topological polar surface area (TPSA) is 42.2 Å². The number of halogens is 1. The largest absolute Gasteiger partial charge is 0.461 e. The first-order chi connectivity index (χ1) is 10.2. The van der Waals surface area contributed by atoms with Crippen molar-refractivity contribution < 1.29 is 13.6 Å². The van der Waals surface area contributed by atoms with E-state index in [2.05, 4.69) is 5.32 Å². The third-order valence-corrected chi connectivity index (χ3v) is 3.40. The van der Waals surface area contributed by atoms with E-state index in [0.717, 1.165) is 5.39 Å². The van der Waals surface area contributed by atoms with Gasteiger partial charge >= 0.3 is 0 Å². The number of benzene rings is 2. The summed E-state index contributed by atoms with van der Waals surface area (Å²) in [6.07, 6.45) is 0. The molecule has 0 spiro atoms. The highest BCUT2D eigenvalue weighted by Gasteiger charge is 2.17. The number of aryl methyl sites for hydroxylation is 1. The Bertz CT molecular complexity index is 807. The first-order valence-corrected chi connectivity index (χ1v) is 6.66. The molecule has 1 heterocycles. The van der Waals surface area contributed by atoms with Crippen molar-refractivity contribution in [2.45, 2.75) is 13.5 Å². The zero-order chi connectivity index (χ0) is 14.8. The third kappa shape index (κ3) is 2.52. The molecule has 0 aliphatic heterocycles. The Morgan fingerprint density at radius 3 is 2.67 bits per heavy atom. The van der Waals surface area contributed by atoms with E-state index in [1.165, 1.54) is 6.07 Å². The molecule has 21 heavy (non-hydrogen) atoms. The van der Waals surface area contributed by atoms with Gasteiger partial charge in [0.15, 0.2) is 0 Å². The summed E-state index contributed by atoms with van der Waals surface area (Å²) in [4.78, 5) is 12.3. The number of hydrogen-bond acceptors (Lipinski definition) is 2. The van der Waals surface area contributed by atoms with Gasteiger partial charge in [0.05, 0.1) is 5.56 Å². The summed E-state index contributed by atoms with van der Waals surface area (Å²) < 4.78 is 19.1. The molecule has 0 unspecified atom stereocenters. The molecule has 0 aliphatic carbocycles. The zero-order valence-electron chi connectivity index (χ0n) is 11.5. The van der Waals surface area contributed by atoms with Crippen molar-refractivity contribution in [3.8, 4) is 0 Å². The number of fused-ring (bicyclic) bond motifs is 1. The predicted molar refractivity (Wildman–Crippen MR) is 78.5 cm³/mol.